The lowest BCUT2D eigenvalue weighted by Gasteiger charge is -2.50. The molecule has 4 fully saturated rings. The molecule has 2 N–H and O–H groups in total. The highest BCUT2D eigenvalue weighted by Gasteiger charge is 2.52. The van der Waals surface area contributed by atoms with Crippen LogP contribution in [-0.2, 0) is 28.8 Å². The molecule has 0 spiro atoms. The number of carbonyl (C=O) groups is 6. The highest BCUT2D eigenvalue weighted by molar-refractivity contribution is 6.35. The van der Waals surface area contributed by atoms with Crippen molar-refractivity contribution < 1.29 is 69.0 Å². The molecule has 6 unspecified atom stereocenters. The number of phenolic OH excluding ortho intramolecular Hbond substituents is 1. The zero-order valence-electron chi connectivity index (χ0n) is 84.8. The van der Waals surface area contributed by atoms with Crippen molar-refractivity contribution in [1.82, 2.24) is 58.5 Å². The van der Waals surface area contributed by atoms with E-state index >= 15 is 44.7 Å². The van der Waals surface area contributed by atoms with E-state index in [-0.39, 0.29) is 165 Å². The van der Waals surface area contributed by atoms with Crippen molar-refractivity contribution in [2.75, 3.05) is 110 Å². The average molecular weight is 2040 g/mol. The fraction of sp³-hybridized carbons (Fsp3) is 0.342. The number of phenols is 1. The maximum absolute atomic E-state index is 18.0. The Balaban J connectivity index is 0.000000145. The summed E-state index contributed by atoms with van der Waals surface area (Å²) in [4.78, 5) is 155. The minimum atomic E-state index is -1.36. The van der Waals surface area contributed by atoms with Crippen LogP contribution in [0, 0.1) is 74.2 Å². The second kappa shape index (κ2) is 39.2. The molecule has 148 heavy (non-hydrogen) atoms. The number of amides is 6. The first-order valence-corrected chi connectivity index (χ1v) is 49.4. The van der Waals surface area contributed by atoms with Crippen LogP contribution in [0.15, 0.2) is 156 Å². The van der Waals surface area contributed by atoms with Crippen LogP contribution < -0.4 is 46.1 Å². The predicted molar refractivity (Wildman–Crippen MR) is 557 cm³/mol. The number of aryl methyl sites for hydroxylation is 4. The summed E-state index contributed by atoms with van der Waals surface area (Å²) in [5, 5.41) is 19.1. The van der Waals surface area contributed by atoms with Crippen molar-refractivity contribution in [2.45, 2.75) is 169 Å². The quantitative estimate of drug-likeness (QED) is 0.0632. The van der Waals surface area contributed by atoms with Gasteiger partial charge in [0, 0.05) is 121 Å². The van der Waals surface area contributed by atoms with Gasteiger partial charge >= 0.3 is 0 Å². The van der Waals surface area contributed by atoms with Crippen LogP contribution in [0.2, 0.25) is 5.02 Å². The molecule has 28 nitrogen and oxygen atoms in total. The topological polar surface area (TPSA) is 288 Å². The largest absolute Gasteiger partial charge is 0.507 e. The highest BCUT2D eigenvalue weighted by Crippen LogP contribution is 2.54. The average Bonchev–Trinajstić information content (AvgIpc) is 0.881. The minimum absolute atomic E-state index is 0.00749. The predicted octanol–water partition coefficient (Wildman–Crippen LogP) is 18.0. The van der Waals surface area contributed by atoms with Gasteiger partial charge < -0.3 is 54.1 Å². The summed E-state index contributed by atoms with van der Waals surface area (Å²) in [7, 11) is 6.70. The van der Waals surface area contributed by atoms with Gasteiger partial charge in [0.05, 0.1) is 120 Å². The first-order valence-electron chi connectivity index (χ1n) is 49.0. The Hall–Kier alpha value is -15.2. The third-order valence-electron chi connectivity index (χ3n) is 29.5. The third kappa shape index (κ3) is 16.7. The van der Waals surface area contributed by atoms with Gasteiger partial charge in [-0.25, -0.2) is 35.1 Å². The number of aromatic amines is 1. The van der Waals surface area contributed by atoms with Crippen molar-refractivity contribution in [3.63, 3.8) is 0 Å². The van der Waals surface area contributed by atoms with E-state index in [4.69, 9.17) is 11.6 Å². The van der Waals surface area contributed by atoms with Crippen LogP contribution in [-0.4, -0.2) is 216 Å². The number of likely N-dealkylation sites (N-methyl/N-ethyl adjacent to an activating group) is 2. The molecule has 6 aromatic carbocycles. The molecule has 7 aliphatic rings. The Bertz CT molecular complexity index is 8030. The van der Waals surface area contributed by atoms with Crippen LogP contribution in [0.4, 0.5) is 69.2 Å². The van der Waals surface area contributed by atoms with E-state index < -0.39 is 151 Å². The van der Waals surface area contributed by atoms with E-state index in [1.54, 1.807) is 88.1 Å². The maximum atomic E-state index is 18.0. The minimum Gasteiger partial charge on any atom is -0.507 e. The third-order valence-corrected chi connectivity index (χ3v) is 29.8. The van der Waals surface area contributed by atoms with Gasteiger partial charge in [0.2, 0.25) is 17.7 Å². The van der Waals surface area contributed by atoms with Gasteiger partial charge in [-0.1, -0.05) is 91.1 Å². The molecule has 20 rings (SSSR count). The van der Waals surface area contributed by atoms with Crippen LogP contribution >= 0.6 is 11.6 Å². The summed E-state index contributed by atoms with van der Waals surface area (Å²) in [6, 6.07) is 14.9. The van der Waals surface area contributed by atoms with Crippen LogP contribution in [0.3, 0.4) is 0 Å². The van der Waals surface area contributed by atoms with Gasteiger partial charge in [0.1, 0.15) is 70.0 Å². The molecule has 37 heteroatoms. The molecule has 1 saturated carbocycles. The Morgan fingerprint density at radius 1 is 0.459 bits per heavy atom. The van der Waals surface area contributed by atoms with E-state index in [9.17, 15) is 38.7 Å². The molecule has 0 radical (unpaired) electrons. The van der Waals surface area contributed by atoms with Crippen molar-refractivity contribution in [2.24, 2.45) is 0 Å². The number of rotatable bonds is 17. The Morgan fingerprint density at radius 3 is 1.22 bits per heavy atom. The number of hydrogen-bond donors (Lipinski definition) is 2. The number of nitrogens with zero attached hydrogens (tertiary/aromatic N) is 17. The summed E-state index contributed by atoms with van der Waals surface area (Å²) in [5.74, 6) is -11.9. The SMILES string of the molecule is C=CC(=O)N1CC2C(=O)N(C)c3c(c4cc(F)c(-c5c(C)ccc6n[nH]c(C7CC7)c56)c(F)c4n(-c4c(C)ccnc4C(C)C)c3=O)N2CC1C.C=CC(=O)N1CC2C(=O)N(C)c3c(c4cc(F)c(-c5c(F)cccc5F)c(F)c4n(-c4c(C)ccnc4C(C)C)c3=O)N2CC1C.C=CC(=O)N1CC2C(=O)N(CCCN(C)C)c3c(c4cc(Cl)c(-c5c(O)cccc5F)c(F)c4n(-c4c(C)ccnc4C(C)C)c3=O)N2CC1C. The second-order valence-electron chi connectivity index (χ2n) is 40.3. The number of pyridine rings is 6. The summed E-state index contributed by atoms with van der Waals surface area (Å²) in [6.07, 6.45) is 10.8. The number of halogens is 9. The first-order chi connectivity index (χ1) is 70.3. The van der Waals surface area contributed by atoms with E-state index in [0.29, 0.717) is 80.1 Å². The van der Waals surface area contributed by atoms with Gasteiger partial charge in [-0.15, -0.1) is 0 Å². The lowest BCUT2D eigenvalue weighted by Crippen LogP contribution is -2.66. The highest BCUT2D eigenvalue weighted by atomic mass is 35.5. The molecular formula is C111H111ClF8N18O10. The molecule has 13 aromatic rings. The standard InChI is InChI=1S/C39H39F2N7O3.C38H41ClF2N6O4.C34H31F4N5O3/c1-8-27(49)46-17-26-38(50)45(7)37-36(47(26)16-21(46)6)23-15-24(40)29(28-19(4)9-12-25-30(28)33(44-43-25)22-10-11-22)31(41)35(23)48(39(37)51)34-20(5)13-14-42-32(34)18(2)3;1-8-28(49)45-19-26-37(50)44(16-10-15-43(6)7)36-35(46(26)18-22(45)5)23-17-24(39)29(30-25(40)11-9-12-27(30)48)31(41)34(23)47(38(36)51)33-21(4)13-14-42-32(33)20(2)3;1-7-24(44)41-15-23-33(45)40(6)32-31(42(23)14-18(41)5)19-13-22(37)26(25-20(35)9-8-10-21(25)36)27(38)30(19)43(34(32)46)29-17(4)11-12-39-28(29)16(2)3/h8-9,12-15,18,21-22,26H,1,10-11,16-17H2,2-7H3,(H,43,44);8-9,11-14,17,20,22,26,48H,1,10,15-16,18-19H2,2-7H3;7-13,16,18,23H,1,14-15H2,2-6H3. The van der Waals surface area contributed by atoms with E-state index in [1.165, 1.54) is 74.3 Å². The number of aromatic hydroxyl groups is 1. The number of anilines is 6. The second-order valence-corrected chi connectivity index (χ2v) is 40.7. The number of piperazine rings is 3. The number of aromatic nitrogens is 8. The molecule has 7 aromatic heterocycles. The van der Waals surface area contributed by atoms with Crippen molar-refractivity contribution >= 4 is 125 Å². The van der Waals surface area contributed by atoms with Crippen LogP contribution in [0.25, 0.3) is 94.1 Å². The Kier molecular flexibility index (Phi) is 27.2. The summed E-state index contributed by atoms with van der Waals surface area (Å²) >= 11 is 6.87. The molecule has 0 bridgehead atoms. The maximum Gasteiger partial charge on any atom is 0.281 e. The van der Waals surface area contributed by atoms with Crippen molar-refractivity contribution in [3.8, 4) is 56.2 Å². The van der Waals surface area contributed by atoms with Crippen molar-refractivity contribution in [3.05, 3.63) is 269 Å². The first kappa shape index (κ1) is 103. The van der Waals surface area contributed by atoms with Crippen LogP contribution in [0.5, 0.6) is 5.75 Å². The fourth-order valence-electron chi connectivity index (χ4n) is 22.3. The molecule has 6 atom stereocenters. The van der Waals surface area contributed by atoms with E-state index in [2.05, 4.69) is 44.9 Å². The molecule has 1 aliphatic carbocycles. The molecule has 768 valence electrons. The summed E-state index contributed by atoms with van der Waals surface area (Å²) < 4.78 is 135. The van der Waals surface area contributed by atoms with E-state index in [1.807, 2.05) is 94.3 Å². The molecule has 13 heterocycles. The lowest BCUT2D eigenvalue weighted by atomic mass is 9.91. The van der Waals surface area contributed by atoms with Gasteiger partial charge in [-0.2, -0.15) is 5.10 Å². The molecule has 6 amide bonds. The molecular weight excluding hydrogens is 1930 g/mol. The van der Waals surface area contributed by atoms with Crippen molar-refractivity contribution in [1.29, 1.82) is 0 Å². The monoisotopic (exact) mass is 2040 g/mol. The number of fused-ring (bicyclic) bond motifs is 16. The Labute approximate surface area is 852 Å². The fourth-order valence-corrected chi connectivity index (χ4v) is 22.5. The number of hydrogen-bond acceptors (Lipinski definition) is 18. The lowest BCUT2D eigenvalue weighted by molar-refractivity contribution is -0.132. The smallest absolute Gasteiger partial charge is 0.281 e. The number of nitrogens with one attached hydrogen (secondary N) is 1. The van der Waals surface area contributed by atoms with E-state index in [0.717, 1.165) is 64.4 Å². The Morgan fingerprint density at radius 2 is 0.831 bits per heavy atom. The van der Waals surface area contributed by atoms with Crippen LogP contribution in [0.1, 0.15) is 150 Å². The zero-order chi connectivity index (χ0) is 107. The van der Waals surface area contributed by atoms with Gasteiger partial charge in [-0.3, -0.25) is 76.9 Å². The summed E-state index contributed by atoms with van der Waals surface area (Å²) in [5.41, 5.74) is 1.38. The molecule has 3 saturated heterocycles. The normalized spacial score (nSPS) is 18.1. The molecule has 6 aliphatic heterocycles. The van der Waals surface area contributed by atoms with Gasteiger partial charge in [0.25, 0.3) is 34.4 Å². The van der Waals surface area contributed by atoms with Gasteiger partial charge in [-0.05, 0) is 213 Å². The number of benzene rings is 6. The van der Waals surface area contributed by atoms with Gasteiger partial charge in [0.15, 0.2) is 17.5 Å². The zero-order valence-corrected chi connectivity index (χ0v) is 85.6. The summed E-state index contributed by atoms with van der Waals surface area (Å²) in [6.45, 7) is 35.8. The number of carbonyl (C=O) groups excluding carboxylic acids is 6. The number of H-pyrrole nitrogens is 1.